The minimum Gasteiger partial charge on any atom is -0.333 e. The summed E-state index contributed by atoms with van der Waals surface area (Å²) < 4.78 is 3.89. The standard InChI is InChI=1S/C12H20N4OS.ClH/c1-3-9-11(18-15-14-9)12(17)16-7-5-4-6-10(16)8(2)13;/h8,10H,3-7,13H2,1-2H3;1H. The van der Waals surface area contributed by atoms with E-state index in [9.17, 15) is 4.79 Å². The highest BCUT2D eigenvalue weighted by molar-refractivity contribution is 7.08. The summed E-state index contributed by atoms with van der Waals surface area (Å²) >= 11 is 1.20. The van der Waals surface area contributed by atoms with E-state index in [-0.39, 0.29) is 30.4 Å². The molecular formula is C12H21ClN4OS. The van der Waals surface area contributed by atoms with Gasteiger partial charge in [-0.05, 0) is 44.1 Å². The molecule has 5 nitrogen and oxygen atoms in total. The molecule has 0 saturated carbocycles. The van der Waals surface area contributed by atoms with Gasteiger partial charge in [-0.15, -0.1) is 17.5 Å². The van der Waals surface area contributed by atoms with Gasteiger partial charge in [-0.2, -0.15) is 0 Å². The van der Waals surface area contributed by atoms with Crippen LogP contribution in [0, 0.1) is 0 Å². The van der Waals surface area contributed by atoms with Crippen molar-refractivity contribution in [3.05, 3.63) is 10.6 Å². The summed E-state index contributed by atoms with van der Waals surface area (Å²) in [6, 6.07) is 0.165. The van der Waals surface area contributed by atoms with Crippen molar-refractivity contribution < 1.29 is 4.79 Å². The van der Waals surface area contributed by atoms with E-state index in [1.165, 1.54) is 11.5 Å². The lowest BCUT2D eigenvalue weighted by atomic mass is 9.96. The van der Waals surface area contributed by atoms with Gasteiger partial charge in [0.2, 0.25) is 0 Å². The molecule has 2 unspecified atom stereocenters. The van der Waals surface area contributed by atoms with Gasteiger partial charge in [0.05, 0.1) is 5.69 Å². The third kappa shape index (κ3) is 3.43. The number of nitrogens with two attached hydrogens (primary N) is 1. The van der Waals surface area contributed by atoms with Crippen LogP contribution in [0.4, 0.5) is 0 Å². The second-order valence-corrected chi connectivity index (χ2v) is 5.58. The summed E-state index contributed by atoms with van der Waals surface area (Å²) in [6.07, 6.45) is 3.95. The van der Waals surface area contributed by atoms with Gasteiger partial charge >= 0.3 is 0 Å². The maximum absolute atomic E-state index is 12.6. The average Bonchev–Trinajstić information content (AvgIpc) is 2.86. The number of nitrogens with zero attached hydrogens (tertiary/aromatic N) is 3. The second-order valence-electron chi connectivity index (χ2n) is 4.82. The third-order valence-electron chi connectivity index (χ3n) is 3.50. The summed E-state index contributed by atoms with van der Waals surface area (Å²) in [5, 5.41) is 4.01. The van der Waals surface area contributed by atoms with E-state index >= 15 is 0 Å². The topological polar surface area (TPSA) is 72.1 Å². The molecule has 2 rings (SSSR count). The molecule has 0 radical (unpaired) electrons. The third-order valence-corrected chi connectivity index (χ3v) is 4.26. The van der Waals surface area contributed by atoms with E-state index in [1.54, 1.807) is 0 Å². The quantitative estimate of drug-likeness (QED) is 0.925. The molecule has 0 aliphatic carbocycles. The zero-order valence-electron chi connectivity index (χ0n) is 11.3. The van der Waals surface area contributed by atoms with Crippen molar-refractivity contribution in [1.82, 2.24) is 14.5 Å². The molecule has 7 heteroatoms. The van der Waals surface area contributed by atoms with Gasteiger partial charge in [-0.25, -0.2) is 0 Å². The molecule has 0 spiro atoms. The monoisotopic (exact) mass is 304 g/mol. The lowest BCUT2D eigenvalue weighted by molar-refractivity contribution is 0.0587. The fourth-order valence-electron chi connectivity index (χ4n) is 2.49. The minimum atomic E-state index is 0. The fourth-order valence-corrected chi connectivity index (χ4v) is 3.20. The zero-order chi connectivity index (χ0) is 13.1. The van der Waals surface area contributed by atoms with Gasteiger partial charge in [0, 0.05) is 18.6 Å². The number of carbonyl (C=O) groups is 1. The number of carbonyl (C=O) groups excluding carboxylic acids is 1. The molecule has 19 heavy (non-hydrogen) atoms. The SMILES string of the molecule is CCc1nnsc1C(=O)N1CCCCC1C(C)N.Cl. The molecule has 1 aliphatic rings. The van der Waals surface area contributed by atoms with Crippen LogP contribution in [0.2, 0.25) is 0 Å². The van der Waals surface area contributed by atoms with Crippen LogP contribution in [0.25, 0.3) is 0 Å². The molecule has 1 amide bonds. The summed E-state index contributed by atoms with van der Waals surface area (Å²) in [7, 11) is 0. The van der Waals surface area contributed by atoms with Crippen molar-refractivity contribution in [3.8, 4) is 0 Å². The first kappa shape index (κ1) is 16.3. The van der Waals surface area contributed by atoms with Crippen LogP contribution in [-0.2, 0) is 6.42 Å². The predicted octanol–water partition coefficient (Wildman–Crippen LogP) is 1.86. The predicted molar refractivity (Wildman–Crippen MR) is 78.9 cm³/mol. The summed E-state index contributed by atoms with van der Waals surface area (Å²) in [6.45, 7) is 4.76. The molecule has 108 valence electrons. The van der Waals surface area contributed by atoms with E-state index in [4.69, 9.17) is 5.73 Å². The van der Waals surface area contributed by atoms with Crippen molar-refractivity contribution in [1.29, 1.82) is 0 Å². The zero-order valence-corrected chi connectivity index (χ0v) is 13.0. The van der Waals surface area contributed by atoms with Crippen LogP contribution in [0.15, 0.2) is 0 Å². The number of likely N-dealkylation sites (tertiary alicyclic amines) is 1. The molecule has 1 aromatic heterocycles. The van der Waals surface area contributed by atoms with Gasteiger partial charge in [0.25, 0.3) is 5.91 Å². The number of piperidine rings is 1. The van der Waals surface area contributed by atoms with Crippen molar-refractivity contribution in [3.63, 3.8) is 0 Å². The van der Waals surface area contributed by atoms with Crippen molar-refractivity contribution >= 4 is 29.8 Å². The smallest absolute Gasteiger partial charge is 0.267 e. The summed E-state index contributed by atoms with van der Waals surface area (Å²) in [5.41, 5.74) is 6.80. The Morgan fingerprint density at radius 1 is 1.58 bits per heavy atom. The molecule has 2 N–H and O–H groups in total. The van der Waals surface area contributed by atoms with Crippen molar-refractivity contribution in [2.24, 2.45) is 5.73 Å². The van der Waals surface area contributed by atoms with E-state index in [2.05, 4.69) is 9.59 Å². The van der Waals surface area contributed by atoms with Crippen LogP contribution < -0.4 is 5.73 Å². The highest BCUT2D eigenvalue weighted by Gasteiger charge is 2.31. The Kier molecular flexibility index (Phi) is 6.16. The largest absolute Gasteiger partial charge is 0.333 e. The molecule has 2 heterocycles. The first-order valence-electron chi connectivity index (χ1n) is 6.53. The first-order chi connectivity index (χ1) is 8.65. The number of hydrogen-bond acceptors (Lipinski definition) is 5. The molecule has 2 atom stereocenters. The molecule has 1 aliphatic heterocycles. The highest BCUT2D eigenvalue weighted by Crippen LogP contribution is 2.23. The van der Waals surface area contributed by atoms with E-state index in [0.717, 1.165) is 37.9 Å². The first-order valence-corrected chi connectivity index (χ1v) is 7.30. The minimum absolute atomic E-state index is 0. The highest BCUT2D eigenvalue weighted by atomic mass is 35.5. The molecule has 0 aromatic carbocycles. The Bertz CT molecular complexity index is 424. The van der Waals surface area contributed by atoms with E-state index in [0.29, 0.717) is 4.88 Å². The molecule has 1 fully saturated rings. The molecule has 1 saturated heterocycles. The second kappa shape index (κ2) is 7.17. The van der Waals surface area contributed by atoms with Crippen molar-refractivity contribution in [2.75, 3.05) is 6.54 Å². The van der Waals surface area contributed by atoms with Crippen molar-refractivity contribution in [2.45, 2.75) is 51.6 Å². The Hall–Kier alpha value is -0.720. The molecule has 1 aromatic rings. The maximum atomic E-state index is 12.6. The number of rotatable bonds is 3. The Balaban J connectivity index is 0.00000180. The van der Waals surface area contributed by atoms with Crippen LogP contribution in [0.3, 0.4) is 0 Å². The normalized spacial score (nSPS) is 20.8. The van der Waals surface area contributed by atoms with E-state index < -0.39 is 0 Å². The van der Waals surface area contributed by atoms with Gasteiger partial charge in [0.1, 0.15) is 4.88 Å². The lowest BCUT2D eigenvalue weighted by Gasteiger charge is -2.37. The van der Waals surface area contributed by atoms with Crippen LogP contribution in [-0.4, -0.2) is 39.0 Å². The van der Waals surface area contributed by atoms with Gasteiger partial charge in [-0.1, -0.05) is 11.4 Å². The summed E-state index contributed by atoms with van der Waals surface area (Å²) in [4.78, 5) is 15.2. The number of aryl methyl sites for hydroxylation is 1. The Morgan fingerprint density at radius 3 is 2.95 bits per heavy atom. The molecule has 0 bridgehead atoms. The van der Waals surface area contributed by atoms with Gasteiger partial charge in [-0.3, -0.25) is 4.79 Å². The van der Waals surface area contributed by atoms with Crippen LogP contribution in [0.5, 0.6) is 0 Å². The van der Waals surface area contributed by atoms with Crippen LogP contribution in [0.1, 0.15) is 48.5 Å². The fraction of sp³-hybridized carbons (Fsp3) is 0.750. The Labute approximate surface area is 124 Å². The van der Waals surface area contributed by atoms with Crippen LogP contribution >= 0.6 is 23.9 Å². The lowest BCUT2D eigenvalue weighted by Crippen LogP contribution is -2.51. The number of hydrogen-bond donors (Lipinski definition) is 1. The van der Waals surface area contributed by atoms with Gasteiger partial charge < -0.3 is 10.6 Å². The van der Waals surface area contributed by atoms with E-state index in [1.807, 2.05) is 18.7 Å². The Morgan fingerprint density at radius 2 is 2.32 bits per heavy atom. The average molecular weight is 305 g/mol. The van der Waals surface area contributed by atoms with Gasteiger partial charge in [0.15, 0.2) is 0 Å². The number of amides is 1. The number of aromatic nitrogens is 2. The maximum Gasteiger partial charge on any atom is 0.267 e. The molecular weight excluding hydrogens is 284 g/mol. The number of halogens is 1. The summed E-state index contributed by atoms with van der Waals surface area (Å²) in [5.74, 6) is 0.0591.